The minimum absolute atomic E-state index is 0.0571. The van der Waals surface area contributed by atoms with Crippen LogP contribution in [0, 0.1) is 5.82 Å². The second kappa shape index (κ2) is 9.23. The van der Waals surface area contributed by atoms with E-state index in [9.17, 15) is 22.4 Å². The maximum Gasteiger partial charge on any atom is 0.337 e. The zero-order valence-corrected chi connectivity index (χ0v) is 17.6. The Kier molecular flexibility index (Phi) is 7.21. The number of ether oxygens (including phenoxy) is 1. The third-order valence-corrected chi connectivity index (χ3v) is 5.56. The lowest BCUT2D eigenvalue weighted by atomic mass is 10.1. The zero-order valence-electron chi connectivity index (χ0n) is 16.0. The molecule has 1 atom stereocenters. The Bertz CT molecular complexity index is 1030. The van der Waals surface area contributed by atoms with Crippen LogP contribution < -0.4 is 9.62 Å². The molecule has 0 saturated heterocycles. The van der Waals surface area contributed by atoms with E-state index in [2.05, 4.69) is 10.1 Å². The van der Waals surface area contributed by atoms with Gasteiger partial charge in [0.2, 0.25) is 15.9 Å². The molecule has 0 aliphatic carbocycles. The predicted octanol–water partition coefficient (Wildman–Crippen LogP) is 3.45. The van der Waals surface area contributed by atoms with Crippen molar-refractivity contribution < 1.29 is 27.1 Å². The molecule has 0 saturated carbocycles. The van der Waals surface area contributed by atoms with E-state index in [1.165, 1.54) is 43.5 Å². The number of para-hydroxylation sites is 1. The highest BCUT2D eigenvalue weighted by atomic mass is 35.5. The molecule has 2 rings (SSSR count). The van der Waals surface area contributed by atoms with Crippen LogP contribution in [0.1, 0.15) is 23.7 Å². The predicted molar refractivity (Wildman–Crippen MR) is 109 cm³/mol. The fourth-order valence-electron chi connectivity index (χ4n) is 2.75. The number of benzene rings is 2. The van der Waals surface area contributed by atoms with Crippen molar-refractivity contribution in [2.24, 2.45) is 0 Å². The topological polar surface area (TPSA) is 92.8 Å². The summed E-state index contributed by atoms with van der Waals surface area (Å²) in [6, 6.07) is 8.15. The number of nitrogens with zero attached hydrogens (tertiary/aromatic N) is 1. The number of amides is 1. The molecule has 0 spiro atoms. The van der Waals surface area contributed by atoms with Crippen LogP contribution in [0.5, 0.6) is 0 Å². The second-order valence-corrected chi connectivity index (χ2v) is 8.38. The van der Waals surface area contributed by atoms with Crippen LogP contribution in [0.15, 0.2) is 42.5 Å². The van der Waals surface area contributed by atoms with Gasteiger partial charge < -0.3 is 10.1 Å². The first-order valence-electron chi connectivity index (χ1n) is 8.52. The Morgan fingerprint density at radius 3 is 2.45 bits per heavy atom. The van der Waals surface area contributed by atoms with Crippen LogP contribution in [0.25, 0.3) is 0 Å². The lowest BCUT2D eigenvalue weighted by molar-refractivity contribution is -0.117. The summed E-state index contributed by atoms with van der Waals surface area (Å²) < 4.78 is 44.4. The van der Waals surface area contributed by atoms with Crippen LogP contribution in [0.2, 0.25) is 5.02 Å². The molecule has 2 aromatic rings. The molecule has 0 fully saturated rings. The number of esters is 1. The van der Waals surface area contributed by atoms with Gasteiger partial charge in [-0.15, -0.1) is 0 Å². The van der Waals surface area contributed by atoms with Crippen molar-refractivity contribution in [2.45, 2.75) is 19.4 Å². The first-order chi connectivity index (χ1) is 13.6. The van der Waals surface area contributed by atoms with Gasteiger partial charge in [-0.05, 0) is 36.8 Å². The number of hydrogen-bond donors (Lipinski definition) is 1. The van der Waals surface area contributed by atoms with E-state index >= 15 is 0 Å². The Morgan fingerprint density at radius 1 is 1.24 bits per heavy atom. The number of nitrogens with one attached hydrogen (secondary N) is 1. The molecule has 0 aliphatic rings. The van der Waals surface area contributed by atoms with E-state index in [-0.39, 0.29) is 28.4 Å². The van der Waals surface area contributed by atoms with E-state index in [1.54, 1.807) is 6.92 Å². The fourth-order valence-corrected chi connectivity index (χ4v) is 4.13. The van der Waals surface area contributed by atoms with Gasteiger partial charge in [-0.3, -0.25) is 9.10 Å². The molecule has 0 radical (unpaired) electrons. The quantitative estimate of drug-likeness (QED) is 0.663. The van der Waals surface area contributed by atoms with Crippen LogP contribution in [-0.2, 0) is 19.6 Å². The Balaban J connectivity index is 2.43. The average Bonchev–Trinajstić information content (AvgIpc) is 2.66. The first kappa shape index (κ1) is 22.6. The van der Waals surface area contributed by atoms with E-state index in [4.69, 9.17) is 11.6 Å². The van der Waals surface area contributed by atoms with Gasteiger partial charge in [-0.25, -0.2) is 17.6 Å². The lowest BCUT2D eigenvalue weighted by Crippen LogP contribution is -2.47. The molecule has 156 valence electrons. The molecule has 0 heterocycles. The number of anilines is 2. The van der Waals surface area contributed by atoms with Gasteiger partial charge in [0.05, 0.1) is 35.3 Å². The number of carbonyl (C=O) groups is 2. The normalized spacial score (nSPS) is 12.2. The van der Waals surface area contributed by atoms with Crippen molar-refractivity contribution in [1.82, 2.24) is 0 Å². The van der Waals surface area contributed by atoms with Crippen LogP contribution in [0.4, 0.5) is 15.8 Å². The first-order valence-corrected chi connectivity index (χ1v) is 10.8. The Morgan fingerprint density at radius 2 is 1.90 bits per heavy atom. The number of halogens is 2. The molecule has 7 nitrogen and oxygen atoms in total. The maximum absolute atomic E-state index is 14.3. The monoisotopic (exact) mass is 442 g/mol. The Labute approximate surface area is 173 Å². The SMILES string of the molecule is CC[C@H](C(=O)Nc1cc(C(=O)OC)ccc1Cl)N(c1ccccc1F)S(C)(=O)=O. The van der Waals surface area contributed by atoms with Crippen LogP contribution >= 0.6 is 11.6 Å². The summed E-state index contributed by atoms with van der Waals surface area (Å²) in [5, 5.41) is 2.65. The maximum atomic E-state index is 14.3. The Hall–Kier alpha value is -2.65. The van der Waals surface area contributed by atoms with Crippen LogP contribution in [-0.4, -0.2) is 39.7 Å². The fraction of sp³-hybridized carbons (Fsp3) is 0.263. The number of methoxy groups -OCH3 is 1. The van der Waals surface area contributed by atoms with Crippen molar-refractivity contribution >= 4 is 44.9 Å². The molecular formula is C19H20ClFN2O5S. The molecule has 0 unspecified atom stereocenters. The number of sulfonamides is 1. The molecule has 29 heavy (non-hydrogen) atoms. The summed E-state index contributed by atoms with van der Waals surface area (Å²) in [6.07, 6.45) is 0.946. The van der Waals surface area contributed by atoms with Gasteiger partial charge in [0.25, 0.3) is 0 Å². The molecule has 0 aromatic heterocycles. The van der Waals surface area contributed by atoms with E-state index in [1.807, 2.05) is 0 Å². The second-order valence-electron chi connectivity index (χ2n) is 6.11. The van der Waals surface area contributed by atoms with Gasteiger partial charge in [0.1, 0.15) is 11.9 Å². The summed E-state index contributed by atoms with van der Waals surface area (Å²) >= 11 is 6.09. The summed E-state index contributed by atoms with van der Waals surface area (Å²) in [6.45, 7) is 1.59. The van der Waals surface area contributed by atoms with Crippen LogP contribution in [0.3, 0.4) is 0 Å². The molecule has 1 N–H and O–H groups in total. The largest absolute Gasteiger partial charge is 0.465 e. The third-order valence-electron chi connectivity index (χ3n) is 4.06. The minimum atomic E-state index is -4.00. The molecule has 2 aromatic carbocycles. The van der Waals surface area contributed by atoms with E-state index < -0.39 is 33.8 Å². The molecule has 10 heteroatoms. The number of hydrogen-bond acceptors (Lipinski definition) is 5. The number of carbonyl (C=O) groups excluding carboxylic acids is 2. The summed E-state index contributed by atoms with van der Waals surface area (Å²) in [4.78, 5) is 24.6. The van der Waals surface area contributed by atoms with E-state index in [0.717, 1.165) is 16.6 Å². The summed E-state index contributed by atoms with van der Waals surface area (Å²) in [5.41, 5.74) is 0.000677. The molecule has 0 aliphatic heterocycles. The smallest absolute Gasteiger partial charge is 0.337 e. The van der Waals surface area contributed by atoms with E-state index in [0.29, 0.717) is 0 Å². The van der Waals surface area contributed by atoms with Crippen molar-refractivity contribution in [3.63, 3.8) is 0 Å². The van der Waals surface area contributed by atoms with Gasteiger partial charge in [-0.1, -0.05) is 30.7 Å². The van der Waals surface area contributed by atoms with Gasteiger partial charge >= 0.3 is 5.97 Å². The standard InChI is InChI=1S/C19H20ClFN2O5S/c1-4-16(23(29(3,26)27)17-8-6-5-7-14(17)21)18(24)22-15-11-12(19(25)28-2)9-10-13(15)20/h5-11,16H,4H2,1-3H3,(H,22,24)/t16-/m1/s1. The highest BCUT2D eigenvalue weighted by Crippen LogP contribution is 2.28. The summed E-state index contributed by atoms with van der Waals surface area (Å²) in [7, 11) is -2.79. The van der Waals surface area contributed by atoms with Gasteiger partial charge in [-0.2, -0.15) is 0 Å². The molecule has 1 amide bonds. The van der Waals surface area contributed by atoms with Crippen molar-refractivity contribution in [1.29, 1.82) is 0 Å². The highest BCUT2D eigenvalue weighted by molar-refractivity contribution is 7.92. The van der Waals surface area contributed by atoms with Crippen molar-refractivity contribution in [3.05, 3.63) is 58.9 Å². The minimum Gasteiger partial charge on any atom is -0.465 e. The van der Waals surface area contributed by atoms with Gasteiger partial charge in [0, 0.05) is 0 Å². The number of rotatable bonds is 7. The lowest BCUT2D eigenvalue weighted by Gasteiger charge is -2.30. The highest BCUT2D eigenvalue weighted by Gasteiger charge is 2.33. The molecule has 0 bridgehead atoms. The zero-order chi connectivity index (χ0) is 21.8. The van der Waals surface area contributed by atoms with Gasteiger partial charge in [0.15, 0.2) is 0 Å². The summed E-state index contributed by atoms with van der Waals surface area (Å²) in [5.74, 6) is -2.15. The van der Waals surface area contributed by atoms with Crippen molar-refractivity contribution in [3.8, 4) is 0 Å². The van der Waals surface area contributed by atoms with Crippen molar-refractivity contribution in [2.75, 3.05) is 23.0 Å². The third kappa shape index (κ3) is 5.24. The molecular weight excluding hydrogens is 423 g/mol. The average molecular weight is 443 g/mol.